The zero-order valence-electron chi connectivity index (χ0n) is 17.2. The SMILES string of the molecule is CCN(CC)Cc1ccc(CNC(=O)C(=O)Nc2ccccc2N(C)C)cc1. The van der Waals surface area contributed by atoms with Crippen LogP contribution in [0.5, 0.6) is 0 Å². The second-order valence-electron chi connectivity index (χ2n) is 6.83. The molecule has 0 spiro atoms. The fourth-order valence-electron chi connectivity index (χ4n) is 2.88. The van der Waals surface area contributed by atoms with E-state index in [4.69, 9.17) is 0 Å². The highest BCUT2D eigenvalue weighted by molar-refractivity contribution is 6.39. The molecule has 2 N–H and O–H groups in total. The number of para-hydroxylation sites is 2. The fourth-order valence-corrected chi connectivity index (χ4v) is 2.88. The summed E-state index contributed by atoms with van der Waals surface area (Å²) in [5, 5.41) is 5.35. The van der Waals surface area contributed by atoms with E-state index in [-0.39, 0.29) is 0 Å². The van der Waals surface area contributed by atoms with E-state index in [0.717, 1.165) is 30.9 Å². The van der Waals surface area contributed by atoms with Crippen molar-refractivity contribution >= 4 is 23.2 Å². The molecule has 0 aliphatic carbocycles. The van der Waals surface area contributed by atoms with Crippen LogP contribution in [0.4, 0.5) is 11.4 Å². The number of rotatable bonds is 8. The highest BCUT2D eigenvalue weighted by Crippen LogP contribution is 2.23. The van der Waals surface area contributed by atoms with Gasteiger partial charge in [0.25, 0.3) is 0 Å². The smallest absolute Gasteiger partial charge is 0.313 e. The second-order valence-corrected chi connectivity index (χ2v) is 6.83. The molecule has 0 saturated carbocycles. The Balaban J connectivity index is 1.89. The molecule has 0 radical (unpaired) electrons. The van der Waals surface area contributed by atoms with Gasteiger partial charge in [-0.15, -0.1) is 0 Å². The van der Waals surface area contributed by atoms with Gasteiger partial charge in [-0.3, -0.25) is 14.5 Å². The van der Waals surface area contributed by atoms with E-state index in [1.165, 1.54) is 5.56 Å². The number of benzene rings is 2. The number of carbonyl (C=O) groups is 2. The molecule has 150 valence electrons. The zero-order valence-corrected chi connectivity index (χ0v) is 17.2. The van der Waals surface area contributed by atoms with E-state index in [1.807, 2.05) is 49.3 Å². The molecular weight excluding hydrogens is 352 g/mol. The molecule has 6 nitrogen and oxygen atoms in total. The van der Waals surface area contributed by atoms with Crippen molar-refractivity contribution in [2.75, 3.05) is 37.4 Å². The molecule has 0 bridgehead atoms. The highest BCUT2D eigenvalue weighted by Gasteiger charge is 2.15. The van der Waals surface area contributed by atoms with Gasteiger partial charge >= 0.3 is 11.8 Å². The predicted molar refractivity (Wildman–Crippen MR) is 114 cm³/mol. The van der Waals surface area contributed by atoms with Crippen LogP contribution in [0.2, 0.25) is 0 Å². The van der Waals surface area contributed by atoms with Gasteiger partial charge < -0.3 is 15.5 Å². The molecule has 0 heterocycles. The predicted octanol–water partition coefficient (Wildman–Crippen LogP) is 2.85. The minimum atomic E-state index is -0.674. The lowest BCUT2D eigenvalue weighted by molar-refractivity contribution is -0.136. The standard InChI is InChI=1S/C22H30N4O2/c1-5-26(6-2)16-18-13-11-17(12-14-18)15-23-21(27)22(28)24-19-9-7-8-10-20(19)25(3)4/h7-14H,5-6,15-16H2,1-4H3,(H,23,27)(H,24,28). The number of nitrogens with zero attached hydrogens (tertiary/aromatic N) is 2. The van der Waals surface area contributed by atoms with Crippen LogP contribution >= 0.6 is 0 Å². The lowest BCUT2D eigenvalue weighted by Crippen LogP contribution is -2.35. The lowest BCUT2D eigenvalue weighted by atomic mass is 10.1. The van der Waals surface area contributed by atoms with Crippen molar-refractivity contribution in [3.63, 3.8) is 0 Å². The molecule has 2 amide bonds. The van der Waals surface area contributed by atoms with E-state index in [1.54, 1.807) is 6.07 Å². The first-order valence-electron chi connectivity index (χ1n) is 9.60. The normalized spacial score (nSPS) is 10.6. The number of amides is 2. The third-order valence-electron chi connectivity index (χ3n) is 4.62. The number of anilines is 2. The van der Waals surface area contributed by atoms with Gasteiger partial charge in [-0.05, 0) is 36.3 Å². The number of hydrogen-bond acceptors (Lipinski definition) is 4. The van der Waals surface area contributed by atoms with E-state index in [2.05, 4.69) is 41.5 Å². The zero-order chi connectivity index (χ0) is 20.5. The van der Waals surface area contributed by atoms with E-state index < -0.39 is 11.8 Å². The second kappa shape index (κ2) is 10.5. The minimum Gasteiger partial charge on any atom is -0.376 e. The van der Waals surface area contributed by atoms with Crippen molar-refractivity contribution in [2.45, 2.75) is 26.9 Å². The summed E-state index contributed by atoms with van der Waals surface area (Å²) in [4.78, 5) is 28.6. The van der Waals surface area contributed by atoms with E-state index >= 15 is 0 Å². The number of nitrogens with one attached hydrogen (secondary N) is 2. The Hall–Kier alpha value is -2.86. The van der Waals surface area contributed by atoms with Gasteiger partial charge in [0, 0.05) is 27.2 Å². The first-order valence-corrected chi connectivity index (χ1v) is 9.60. The molecule has 2 aromatic carbocycles. The number of carbonyl (C=O) groups excluding carboxylic acids is 2. The summed E-state index contributed by atoms with van der Waals surface area (Å²) in [7, 11) is 3.77. The molecule has 0 aliphatic heterocycles. The Kier molecular flexibility index (Phi) is 8.02. The van der Waals surface area contributed by atoms with Crippen LogP contribution in [0, 0.1) is 0 Å². The van der Waals surface area contributed by atoms with Crippen LogP contribution in [0.15, 0.2) is 48.5 Å². The highest BCUT2D eigenvalue weighted by atomic mass is 16.2. The van der Waals surface area contributed by atoms with Crippen LogP contribution in [-0.4, -0.2) is 43.9 Å². The molecule has 28 heavy (non-hydrogen) atoms. The Labute approximate surface area is 167 Å². The third kappa shape index (κ3) is 6.09. The first-order chi connectivity index (χ1) is 13.4. The Morgan fingerprint density at radius 1 is 0.857 bits per heavy atom. The van der Waals surface area contributed by atoms with Crippen LogP contribution in [0.3, 0.4) is 0 Å². The molecule has 0 fully saturated rings. The van der Waals surface area contributed by atoms with Crippen LogP contribution in [-0.2, 0) is 22.7 Å². The van der Waals surface area contributed by atoms with E-state index in [9.17, 15) is 9.59 Å². The van der Waals surface area contributed by atoms with Crippen LogP contribution in [0.25, 0.3) is 0 Å². The van der Waals surface area contributed by atoms with Crippen molar-refractivity contribution in [2.24, 2.45) is 0 Å². The average molecular weight is 383 g/mol. The van der Waals surface area contributed by atoms with Crippen molar-refractivity contribution in [1.82, 2.24) is 10.2 Å². The van der Waals surface area contributed by atoms with Gasteiger partial charge in [-0.2, -0.15) is 0 Å². The topological polar surface area (TPSA) is 64.7 Å². The summed E-state index contributed by atoms with van der Waals surface area (Å²) in [5.41, 5.74) is 3.63. The van der Waals surface area contributed by atoms with Crippen LogP contribution < -0.4 is 15.5 Å². The Morgan fingerprint density at radius 2 is 1.46 bits per heavy atom. The van der Waals surface area contributed by atoms with Crippen molar-refractivity contribution in [3.8, 4) is 0 Å². The molecule has 0 atom stereocenters. The van der Waals surface area contributed by atoms with Gasteiger partial charge in [0.2, 0.25) is 0 Å². The summed E-state index contributed by atoms with van der Waals surface area (Å²) in [6.07, 6.45) is 0. The molecule has 0 unspecified atom stereocenters. The minimum absolute atomic E-state index is 0.313. The molecular formula is C22H30N4O2. The fraction of sp³-hybridized carbons (Fsp3) is 0.364. The van der Waals surface area contributed by atoms with Gasteiger partial charge in [0.1, 0.15) is 0 Å². The maximum atomic E-state index is 12.2. The first kappa shape index (κ1) is 21.4. The van der Waals surface area contributed by atoms with Crippen molar-refractivity contribution in [1.29, 1.82) is 0 Å². The van der Waals surface area contributed by atoms with Gasteiger partial charge in [-0.25, -0.2) is 0 Å². The van der Waals surface area contributed by atoms with Gasteiger partial charge in [0.05, 0.1) is 11.4 Å². The maximum absolute atomic E-state index is 12.2. The Morgan fingerprint density at radius 3 is 2.07 bits per heavy atom. The number of hydrogen-bond donors (Lipinski definition) is 2. The van der Waals surface area contributed by atoms with Crippen molar-refractivity contribution in [3.05, 3.63) is 59.7 Å². The van der Waals surface area contributed by atoms with Gasteiger partial charge in [-0.1, -0.05) is 50.2 Å². The Bertz CT molecular complexity index is 783. The summed E-state index contributed by atoms with van der Waals surface area (Å²) in [5.74, 6) is -1.33. The summed E-state index contributed by atoms with van der Waals surface area (Å²) in [6.45, 7) is 7.55. The average Bonchev–Trinajstić information content (AvgIpc) is 2.71. The molecule has 6 heteroatoms. The largest absolute Gasteiger partial charge is 0.376 e. The van der Waals surface area contributed by atoms with Crippen molar-refractivity contribution < 1.29 is 9.59 Å². The molecule has 0 saturated heterocycles. The lowest BCUT2D eigenvalue weighted by Gasteiger charge is -2.18. The van der Waals surface area contributed by atoms with Crippen LogP contribution in [0.1, 0.15) is 25.0 Å². The quantitative estimate of drug-likeness (QED) is 0.689. The van der Waals surface area contributed by atoms with E-state index in [0.29, 0.717) is 12.2 Å². The molecule has 0 aliphatic rings. The molecule has 0 aromatic heterocycles. The summed E-state index contributed by atoms with van der Waals surface area (Å²) in [6, 6.07) is 15.5. The maximum Gasteiger partial charge on any atom is 0.313 e. The third-order valence-corrected chi connectivity index (χ3v) is 4.62. The summed E-state index contributed by atoms with van der Waals surface area (Å²) >= 11 is 0. The summed E-state index contributed by atoms with van der Waals surface area (Å²) < 4.78 is 0. The molecule has 2 rings (SSSR count). The van der Waals surface area contributed by atoms with Gasteiger partial charge in [0.15, 0.2) is 0 Å². The molecule has 2 aromatic rings. The monoisotopic (exact) mass is 382 g/mol.